The second kappa shape index (κ2) is 6.62. The van der Waals surface area contributed by atoms with Gasteiger partial charge in [0.15, 0.2) is 0 Å². The summed E-state index contributed by atoms with van der Waals surface area (Å²) >= 11 is 0. The van der Waals surface area contributed by atoms with E-state index in [1.54, 1.807) is 12.1 Å². The Morgan fingerprint density at radius 3 is 2.65 bits per heavy atom. The number of benzene rings is 1. The lowest BCUT2D eigenvalue weighted by Crippen LogP contribution is -2.35. The molecular weight excluding hydrogens is 292 g/mol. The van der Waals surface area contributed by atoms with Gasteiger partial charge in [-0.2, -0.15) is 5.26 Å². The van der Waals surface area contributed by atoms with Gasteiger partial charge in [0.2, 0.25) is 0 Å². The lowest BCUT2D eigenvalue weighted by molar-refractivity contribution is -0.115. The third-order valence-electron chi connectivity index (χ3n) is 3.51. The molecule has 0 fully saturated rings. The zero-order valence-corrected chi connectivity index (χ0v) is 12.8. The third-order valence-corrected chi connectivity index (χ3v) is 3.51. The predicted octanol–water partition coefficient (Wildman–Crippen LogP) is 2.20. The van der Waals surface area contributed by atoms with Gasteiger partial charge in [-0.05, 0) is 49.2 Å². The highest BCUT2D eigenvalue weighted by atomic mass is 16.2. The van der Waals surface area contributed by atoms with Gasteiger partial charge in [0.1, 0.15) is 11.6 Å². The summed E-state index contributed by atoms with van der Waals surface area (Å²) in [6.45, 7) is 4.02. The summed E-state index contributed by atoms with van der Waals surface area (Å²) in [4.78, 5) is 22.5. The second-order valence-corrected chi connectivity index (χ2v) is 5.01. The fourth-order valence-electron chi connectivity index (χ4n) is 2.20. The van der Waals surface area contributed by atoms with Gasteiger partial charge >= 0.3 is 6.03 Å². The molecule has 6 heteroatoms. The molecule has 6 nitrogen and oxygen atoms in total. The monoisotopic (exact) mass is 308 g/mol. The van der Waals surface area contributed by atoms with Gasteiger partial charge in [-0.25, -0.2) is 4.79 Å². The van der Waals surface area contributed by atoms with Crippen LogP contribution in [0.1, 0.15) is 16.8 Å². The van der Waals surface area contributed by atoms with Crippen LogP contribution in [0.5, 0.6) is 0 Å². The van der Waals surface area contributed by atoms with Crippen LogP contribution in [0.2, 0.25) is 0 Å². The van der Waals surface area contributed by atoms with Gasteiger partial charge in [0.25, 0.3) is 5.91 Å². The van der Waals surface area contributed by atoms with Gasteiger partial charge in [0, 0.05) is 17.6 Å². The Morgan fingerprint density at radius 1 is 1.26 bits per heavy atom. The van der Waals surface area contributed by atoms with E-state index in [4.69, 9.17) is 11.0 Å². The molecule has 3 amide bonds. The van der Waals surface area contributed by atoms with E-state index >= 15 is 0 Å². The molecule has 116 valence electrons. The molecule has 2 rings (SSSR count). The lowest BCUT2D eigenvalue weighted by Gasteiger charge is -2.12. The SMILES string of the molecule is Cc1cccc(-n2cccc2/C=C(/C#N)C(=O)NC(N)=O)c1C. The number of nitrogens with zero attached hydrogens (tertiary/aromatic N) is 2. The first-order valence-electron chi connectivity index (χ1n) is 6.90. The highest BCUT2D eigenvalue weighted by molar-refractivity contribution is 6.08. The molecule has 0 saturated heterocycles. The Morgan fingerprint density at radius 2 is 2.00 bits per heavy atom. The van der Waals surface area contributed by atoms with Crippen LogP contribution < -0.4 is 11.1 Å². The van der Waals surface area contributed by atoms with Gasteiger partial charge in [-0.15, -0.1) is 0 Å². The number of carbonyl (C=O) groups is 2. The maximum Gasteiger partial charge on any atom is 0.319 e. The van der Waals surface area contributed by atoms with E-state index < -0.39 is 11.9 Å². The smallest absolute Gasteiger partial charge is 0.319 e. The van der Waals surface area contributed by atoms with E-state index in [0.29, 0.717) is 5.69 Å². The number of aryl methyl sites for hydroxylation is 1. The second-order valence-electron chi connectivity index (χ2n) is 5.01. The molecule has 0 saturated carbocycles. The summed E-state index contributed by atoms with van der Waals surface area (Å²) in [6.07, 6.45) is 3.26. The minimum Gasteiger partial charge on any atom is -0.351 e. The first-order chi connectivity index (χ1) is 10.9. The molecule has 0 bridgehead atoms. The molecule has 0 aliphatic carbocycles. The standard InChI is InChI=1S/C17H16N4O2/c1-11-5-3-7-15(12(11)2)21-8-4-6-14(21)9-13(10-18)16(22)20-17(19)23/h3-9H,1-2H3,(H3,19,20,22,23)/b13-9-. The third kappa shape index (κ3) is 3.47. The zero-order valence-electron chi connectivity index (χ0n) is 12.8. The minimum absolute atomic E-state index is 0.200. The maximum atomic E-state index is 11.8. The summed E-state index contributed by atoms with van der Waals surface area (Å²) in [6, 6.07) is 10.3. The zero-order chi connectivity index (χ0) is 17.0. The van der Waals surface area contributed by atoms with Crippen molar-refractivity contribution in [3.63, 3.8) is 0 Å². The van der Waals surface area contributed by atoms with E-state index in [-0.39, 0.29) is 5.57 Å². The van der Waals surface area contributed by atoms with Gasteiger partial charge in [0.05, 0.1) is 0 Å². The summed E-state index contributed by atoms with van der Waals surface area (Å²) in [7, 11) is 0. The van der Waals surface area contributed by atoms with Crippen molar-refractivity contribution in [2.45, 2.75) is 13.8 Å². The van der Waals surface area contributed by atoms with Crippen molar-refractivity contribution < 1.29 is 9.59 Å². The quantitative estimate of drug-likeness (QED) is 0.671. The summed E-state index contributed by atoms with van der Waals surface area (Å²) in [5.41, 5.74) is 8.54. The van der Waals surface area contributed by atoms with Crippen molar-refractivity contribution in [2.75, 3.05) is 0 Å². The average Bonchev–Trinajstić information content (AvgIpc) is 2.94. The van der Waals surface area contributed by atoms with E-state index in [9.17, 15) is 9.59 Å². The highest BCUT2D eigenvalue weighted by Crippen LogP contribution is 2.21. The Kier molecular flexibility index (Phi) is 4.62. The highest BCUT2D eigenvalue weighted by Gasteiger charge is 2.13. The number of hydrogen-bond acceptors (Lipinski definition) is 3. The van der Waals surface area contributed by atoms with Crippen LogP contribution in [-0.4, -0.2) is 16.5 Å². The Bertz CT molecular complexity index is 841. The summed E-state index contributed by atoms with van der Waals surface area (Å²) < 4.78 is 1.87. The fraction of sp³-hybridized carbons (Fsp3) is 0.118. The Hall–Kier alpha value is -3.33. The minimum atomic E-state index is -0.999. The molecule has 0 unspecified atom stereocenters. The summed E-state index contributed by atoms with van der Waals surface area (Å²) in [5, 5.41) is 11.0. The van der Waals surface area contributed by atoms with Crippen molar-refractivity contribution in [1.82, 2.24) is 9.88 Å². The van der Waals surface area contributed by atoms with Crippen molar-refractivity contribution in [1.29, 1.82) is 5.26 Å². The number of nitriles is 1. The number of primary amides is 1. The number of hydrogen-bond donors (Lipinski definition) is 2. The molecule has 1 heterocycles. The largest absolute Gasteiger partial charge is 0.351 e. The van der Waals surface area contributed by atoms with Crippen LogP contribution >= 0.6 is 0 Å². The van der Waals surface area contributed by atoms with Crippen LogP contribution in [0.3, 0.4) is 0 Å². The Labute approximate surface area is 133 Å². The molecule has 23 heavy (non-hydrogen) atoms. The molecule has 1 aromatic heterocycles. The number of urea groups is 1. The topological polar surface area (TPSA) is 101 Å². The molecule has 0 spiro atoms. The van der Waals surface area contributed by atoms with Gasteiger partial charge in [-0.3, -0.25) is 10.1 Å². The van der Waals surface area contributed by atoms with Gasteiger partial charge in [-0.1, -0.05) is 12.1 Å². The predicted molar refractivity (Wildman–Crippen MR) is 86.6 cm³/mol. The van der Waals surface area contributed by atoms with Gasteiger partial charge < -0.3 is 10.3 Å². The van der Waals surface area contributed by atoms with Crippen molar-refractivity contribution in [3.05, 3.63) is 58.9 Å². The lowest BCUT2D eigenvalue weighted by atomic mass is 10.1. The molecule has 0 radical (unpaired) electrons. The van der Waals surface area contributed by atoms with Crippen LogP contribution in [-0.2, 0) is 4.79 Å². The number of nitrogens with one attached hydrogen (secondary N) is 1. The van der Waals surface area contributed by atoms with Crippen LogP contribution in [0.4, 0.5) is 4.79 Å². The molecule has 0 aliphatic heterocycles. The van der Waals surface area contributed by atoms with Crippen LogP contribution in [0.15, 0.2) is 42.1 Å². The van der Waals surface area contributed by atoms with Crippen molar-refractivity contribution >= 4 is 18.0 Å². The maximum absolute atomic E-state index is 11.8. The fourth-order valence-corrected chi connectivity index (χ4v) is 2.20. The number of nitrogens with two attached hydrogens (primary N) is 1. The normalized spacial score (nSPS) is 10.9. The Balaban J connectivity index is 2.47. The molecule has 0 aliphatic rings. The molecule has 3 N–H and O–H groups in total. The number of carbonyl (C=O) groups excluding carboxylic acids is 2. The average molecular weight is 308 g/mol. The van der Waals surface area contributed by atoms with E-state index in [0.717, 1.165) is 16.8 Å². The molecule has 0 atom stereocenters. The number of amides is 3. The van der Waals surface area contributed by atoms with Crippen molar-refractivity contribution in [2.24, 2.45) is 5.73 Å². The first-order valence-corrected chi connectivity index (χ1v) is 6.90. The summed E-state index contributed by atoms with van der Waals surface area (Å²) in [5.74, 6) is -0.825. The van der Waals surface area contributed by atoms with Crippen LogP contribution in [0.25, 0.3) is 11.8 Å². The van der Waals surface area contributed by atoms with E-state index in [2.05, 4.69) is 0 Å². The van der Waals surface area contributed by atoms with Crippen LogP contribution in [0, 0.1) is 25.2 Å². The first kappa shape index (κ1) is 16.0. The van der Waals surface area contributed by atoms with Crippen molar-refractivity contribution in [3.8, 4) is 11.8 Å². The van der Waals surface area contributed by atoms with E-state index in [1.165, 1.54) is 6.08 Å². The number of rotatable bonds is 3. The molecular formula is C17H16N4O2. The van der Waals surface area contributed by atoms with E-state index in [1.807, 2.05) is 54.2 Å². The molecule has 1 aromatic carbocycles. The molecule has 2 aromatic rings. The number of imide groups is 1. The number of aromatic nitrogens is 1.